The summed E-state index contributed by atoms with van der Waals surface area (Å²) in [6.45, 7) is 7.43. The number of rotatable bonds is 5. The van der Waals surface area contributed by atoms with E-state index in [0.29, 0.717) is 0 Å². The second-order valence-electron chi connectivity index (χ2n) is 5.69. The van der Waals surface area contributed by atoms with E-state index >= 15 is 0 Å². The van der Waals surface area contributed by atoms with Crippen molar-refractivity contribution in [2.24, 2.45) is 0 Å². The molecule has 21 heavy (non-hydrogen) atoms. The lowest BCUT2D eigenvalue weighted by Gasteiger charge is -2.35. The lowest BCUT2D eigenvalue weighted by atomic mass is 10.1. The highest BCUT2D eigenvalue weighted by molar-refractivity contribution is 7.89. The summed E-state index contributed by atoms with van der Waals surface area (Å²) in [4.78, 5) is 13.1. The summed E-state index contributed by atoms with van der Waals surface area (Å²) >= 11 is 0. The van der Waals surface area contributed by atoms with Gasteiger partial charge < -0.3 is 4.90 Å². The Morgan fingerprint density at radius 2 is 1.76 bits per heavy atom. The topological polar surface area (TPSA) is 66.5 Å². The van der Waals surface area contributed by atoms with Crippen LogP contribution in [0.3, 0.4) is 0 Å². The molecule has 1 rings (SSSR count). The highest BCUT2D eigenvalue weighted by Crippen LogP contribution is 2.13. The van der Waals surface area contributed by atoms with Crippen LogP contribution in [0.4, 0.5) is 4.39 Å². The first-order valence-electron chi connectivity index (χ1n) is 6.57. The van der Waals surface area contributed by atoms with Crippen molar-refractivity contribution in [2.45, 2.75) is 38.1 Å². The molecule has 0 unspecified atom stereocenters. The van der Waals surface area contributed by atoms with Crippen LogP contribution in [0.25, 0.3) is 0 Å². The van der Waals surface area contributed by atoms with Gasteiger partial charge in [0.1, 0.15) is 5.82 Å². The molecule has 118 valence electrons. The van der Waals surface area contributed by atoms with Crippen molar-refractivity contribution in [1.29, 1.82) is 0 Å². The van der Waals surface area contributed by atoms with Crippen molar-refractivity contribution < 1.29 is 17.6 Å². The van der Waals surface area contributed by atoms with Gasteiger partial charge in [0.05, 0.1) is 4.90 Å². The quantitative estimate of drug-likeness (QED) is 0.900. The highest BCUT2D eigenvalue weighted by Gasteiger charge is 2.24. The maximum absolute atomic E-state index is 12.8. The molecule has 0 atom stereocenters. The van der Waals surface area contributed by atoms with Gasteiger partial charge in [-0.25, -0.2) is 17.5 Å². The molecule has 0 aliphatic carbocycles. The van der Waals surface area contributed by atoms with E-state index in [1.807, 2.05) is 20.8 Å². The van der Waals surface area contributed by atoms with Gasteiger partial charge in [-0.05, 0) is 45.0 Å². The fourth-order valence-electron chi connectivity index (χ4n) is 1.95. The van der Waals surface area contributed by atoms with Crippen molar-refractivity contribution in [3.63, 3.8) is 0 Å². The van der Waals surface area contributed by atoms with Crippen molar-refractivity contribution in [1.82, 2.24) is 9.62 Å². The number of nitrogens with zero attached hydrogens (tertiary/aromatic N) is 1. The van der Waals surface area contributed by atoms with Crippen molar-refractivity contribution >= 4 is 15.9 Å². The Balaban J connectivity index is 2.70. The predicted molar refractivity (Wildman–Crippen MR) is 78.7 cm³/mol. The Bertz CT molecular complexity index is 592. The number of nitrogens with one attached hydrogen (secondary N) is 1. The van der Waals surface area contributed by atoms with Gasteiger partial charge in [0.25, 0.3) is 0 Å². The van der Waals surface area contributed by atoms with Gasteiger partial charge >= 0.3 is 0 Å². The number of carbonyl (C=O) groups excluding carboxylic acids is 1. The molecule has 0 heterocycles. The minimum Gasteiger partial charge on any atom is -0.337 e. The number of carbonyl (C=O) groups is 1. The van der Waals surface area contributed by atoms with Crippen LogP contribution in [0.15, 0.2) is 29.2 Å². The van der Waals surface area contributed by atoms with Crippen LogP contribution in [0.5, 0.6) is 0 Å². The molecule has 1 aromatic carbocycles. The Morgan fingerprint density at radius 3 is 2.19 bits per heavy atom. The third kappa shape index (κ3) is 5.09. The fourth-order valence-corrected chi connectivity index (χ4v) is 2.98. The number of sulfonamides is 1. The Kier molecular flexibility index (Phi) is 5.47. The molecular weight excluding hydrogens is 295 g/mol. The molecule has 0 saturated heterocycles. The molecule has 1 amide bonds. The molecule has 0 aliphatic rings. The standard InChI is InChI=1S/C14H21FN2O3S/c1-11(18)17(14(2,3)4)10-9-16-21(19,20)13-7-5-12(15)6-8-13/h5-8,16H,9-10H2,1-4H3. The van der Waals surface area contributed by atoms with Gasteiger partial charge in [-0.3, -0.25) is 4.79 Å². The van der Waals surface area contributed by atoms with E-state index in [1.54, 1.807) is 4.90 Å². The number of hydrogen-bond donors (Lipinski definition) is 1. The number of halogens is 1. The van der Waals surface area contributed by atoms with Crippen LogP contribution < -0.4 is 4.72 Å². The molecular formula is C14H21FN2O3S. The minimum atomic E-state index is -3.70. The minimum absolute atomic E-state index is 0.00552. The molecule has 0 bridgehead atoms. The molecule has 0 aliphatic heterocycles. The Morgan fingerprint density at radius 1 is 1.24 bits per heavy atom. The summed E-state index contributed by atoms with van der Waals surface area (Å²) in [5, 5.41) is 0. The monoisotopic (exact) mass is 316 g/mol. The maximum Gasteiger partial charge on any atom is 0.240 e. The second-order valence-corrected chi connectivity index (χ2v) is 7.46. The largest absolute Gasteiger partial charge is 0.337 e. The average molecular weight is 316 g/mol. The zero-order valence-electron chi connectivity index (χ0n) is 12.7. The third-order valence-electron chi connectivity index (χ3n) is 2.94. The summed E-state index contributed by atoms with van der Waals surface area (Å²) in [7, 11) is -3.70. The van der Waals surface area contributed by atoms with Crippen LogP contribution in [-0.4, -0.2) is 37.9 Å². The van der Waals surface area contributed by atoms with Gasteiger partial charge in [-0.15, -0.1) is 0 Å². The third-order valence-corrected chi connectivity index (χ3v) is 4.42. The molecule has 5 nitrogen and oxygen atoms in total. The SMILES string of the molecule is CC(=O)N(CCNS(=O)(=O)c1ccc(F)cc1)C(C)(C)C. The van der Waals surface area contributed by atoms with E-state index in [1.165, 1.54) is 19.1 Å². The molecule has 0 radical (unpaired) electrons. The van der Waals surface area contributed by atoms with Gasteiger partial charge in [0, 0.05) is 25.6 Å². The van der Waals surface area contributed by atoms with Crippen LogP contribution in [0, 0.1) is 5.82 Å². The lowest BCUT2D eigenvalue weighted by Crippen LogP contribution is -2.48. The van der Waals surface area contributed by atoms with Crippen LogP contribution in [-0.2, 0) is 14.8 Å². The molecule has 7 heteroatoms. The fraction of sp³-hybridized carbons (Fsp3) is 0.500. The normalized spacial score (nSPS) is 12.2. The van der Waals surface area contributed by atoms with Gasteiger partial charge in [0.2, 0.25) is 15.9 Å². The van der Waals surface area contributed by atoms with Crippen LogP contribution in [0.1, 0.15) is 27.7 Å². The van der Waals surface area contributed by atoms with Crippen LogP contribution in [0.2, 0.25) is 0 Å². The molecule has 0 spiro atoms. The molecule has 1 aromatic rings. The number of amides is 1. The van der Waals surface area contributed by atoms with Crippen molar-refractivity contribution in [3.05, 3.63) is 30.1 Å². The van der Waals surface area contributed by atoms with E-state index in [0.717, 1.165) is 12.1 Å². The van der Waals surface area contributed by atoms with Crippen molar-refractivity contribution in [3.8, 4) is 0 Å². The Labute approximate surface area is 125 Å². The van der Waals surface area contributed by atoms with E-state index in [9.17, 15) is 17.6 Å². The van der Waals surface area contributed by atoms with Gasteiger partial charge in [0.15, 0.2) is 0 Å². The van der Waals surface area contributed by atoms with E-state index in [-0.39, 0.29) is 29.4 Å². The zero-order valence-corrected chi connectivity index (χ0v) is 13.5. The first-order chi connectivity index (χ1) is 9.54. The van der Waals surface area contributed by atoms with Gasteiger partial charge in [-0.2, -0.15) is 0 Å². The van der Waals surface area contributed by atoms with Gasteiger partial charge in [-0.1, -0.05) is 0 Å². The summed E-state index contributed by atoms with van der Waals surface area (Å²) in [5.41, 5.74) is -0.382. The molecule has 0 aromatic heterocycles. The van der Waals surface area contributed by atoms with Crippen LogP contribution >= 0.6 is 0 Å². The van der Waals surface area contributed by atoms with E-state index < -0.39 is 15.8 Å². The maximum atomic E-state index is 12.8. The van der Waals surface area contributed by atoms with E-state index in [2.05, 4.69) is 4.72 Å². The predicted octanol–water partition coefficient (Wildman–Crippen LogP) is 1.75. The Hall–Kier alpha value is -1.47. The van der Waals surface area contributed by atoms with Crippen molar-refractivity contribution in [2.75, 3.05) is 13.1 Å². The highest BCUT2D eigenvalue weighted by atomic mass is 32.2. The first kappa shape index (κ1) is 17.6. The molecule has 0 saturated carbocycles. The average Bonchev–Trinajstić information content (AvgIpc) is 2.33. The summed E-state index contributed by atoms with van der Waals surface area (Å²) in [5.74, 6) is -0.618. The van der Waals surface area contributed by atoms with E-state index in [4.69, 9.17) is 0 Å². The molecule has 0 fully saturated rings. The summed E-state index contributed by atoms with van der Waals surface area (Å²) in [6.07, 6.45) is 0. The summed E-state index contributed by atoms with van der Waals surface area (Å²) < 4.78 is 39.2. The summed E-state index contributed by atoms with van der Waals surface area (Å²) in [6, 6.07) is 4.57. The zero-order chi connectivity index (χ0) is 16.3. The first-order valence-corrected chi connectivity index (χ1v) is 8.06. The number of hydrogen-bond acceptors (Lipinski definition) is 3. The number of benzene rings is 1. The molecule has 1 N–H and O–H groups in total. The second kappa shape index (κ2) is 6.53. The smallest absolute Gasteiger partial charge is 0.240 e. The lowest BCUT2D eigenvalue weighted by molar-refractivity contribution is -0.133.